The van der Waals surface area contributed by atoms with E-state index in [9.17, 15) is 4.79 Å². The van der Waals surface area contributed by atoms with Gasteiger partial charge in [0.25, 0.3) is 0 Å². The predicted molar refractivity (Wildman–Crippen MR) is 102 cm³/mol. The highest BCUT2D eigenvalue weighted by molar-refractivity contribution is 5.92. The van der Waals surface area contributed by atoms with Crippen LogP contribution in [0, 0.1) is 6.92 Å². The maximum atomic E-state index is 12.2. The first-order chi connectivity index (χ1) is 12.2. The van der Waals surface area contributed by atoms with Gasteiger partial charge in [-0.3, -0.25) is 4.79 Å². The van der Waals surface area contributed by atoms with Crippen molar-refractivity contribution < 1.29 is 4.79 Å². The first kappa shape index (κ1) is 16.7. The van der Waals surface area contributed by atoms with E-state index >= 15 is 0 Å². The van der Waals surface area contributed by atoms with Crippen LogP contribution in [0.2, 0.25) is 0 Å². The molecule has 4 nitrogen and oxygen atoms in total. The third-order valence-corrected chi connectivity index (χ3v) is 3.98. The van der Waals surface area contributed by atoms with Crippen LogP contribution in [0.5, 0.6) is 0 Å². The number of nitrogens with zero attached hydrogens (tertiary/aromatic N) is 1. The lowest BCUT2D eigenvalue weighted by atomic mass is 10.1. The highest BCUT2D eigenvalue weighted by Gasteiger charge is 2.06. The Kier molecular flexibility index (Phi) is 5.42. The molecule has 126 valence electrons. The molecule has 1 amide bonds. The molecule has 1 heterocycles. The minimum absolute atomic E-state index is 0.0407. The van der Waals surface area contributed by atoms with E-state index in [2.05, 4.69) is 27.8 Å². The number of anilines is 2. The van der Waals surface area contributed by atoms with E-state index in [4.69, 9.17) is 0 Å². The molecule has 0 atom stereocenters. The fraction of sp³-hybridized carbons (Fsp3) is 0.143. The molecule has 0 aliphatic carbocycles. The molecule has 4 heteroatoms. The van der Waals surface area contributed by atoms with Gasteiger partial charge in [0, 0.05) is 6.54 Å². The molecule has 0 spiro atoms. The van der Waals surface area contributed by atoms with Gasteiger partial charge in [-0.15, -0.1) is 0 Å². The number of pyridine rings is 1. The van der Waals surface area contributed by atoms with E-state index in [-0.39, 0.29) is 5.91 Å². The quantitative estimate of drug-likeness (QED) is 0.712. The average molecular weight is 331 g/mol. The third-order valence-electron chi connectivity index (χ3n) is 3.98. The summed E-state index contributed by atoms with van der Waals surface area (Å²) < 4.78 is 0. The second-order valence-corrected chi connectivity index (χ2v) is 5.92. The van der Waals surface area contributed by atoms with Crippen LogP contribution >= 0.6 is 0 Å². The van der Waals surface area contributed by atoms with Crippen LogP contribution in [-0.4, -0.2) is 10.9 Å². The minimum Gasteiger partial charge on any atom is -0.366 e. The lowest BCUT2D eigenvalue weighted by Crippen LogP contribution is -2.15. The van der Waals surface area contributed by atoms with Crippen molar-refractivity contribution in [2.75, 3.05) is 10.6 Å². The fourth-order valence-corrected chi connectivity index (χ4v) is 2.55. The molecule has 1 aromatic heterocycles. The molecule has 0 fully saturated rings. The van der Waals surface area contributed by atoms with Crippen molar-refractivity contribution in [3.05, 3.63) is 89.6 Å². The molecule has 3 rings (SSSR count). The van der Waals surface area contributed by atoms with Crippen LogP contribution in [0.4, 0.5) is 11.5 Å². The maximum absolute atomic E-state index is 12.2. The van der Waals surface area contributed by atoms with E-state index in [1.54, 1.807) is 6.20 Å². The Bertz CT molecular complexity index is 829. The molecule has 25 heavy (non-hydrogen) atoms. The monoisotopic (exact) mass is 331 g/mol. The first-order valence-electron chi connectivity index (χ1n) is 8.29. The highest BCUT2D eigenvalue weighted by Crippen LogP contribution is 2.13. The zero-order valence-corrected chi connectivity index (χ0v) is 14.2. The number of nitrogens with one attached hydrogen (secondary N) is 2. The van der Waals surface area contributed by atoms with Crippen molar-refractivity contribution >= 4 is 17.4 Å². The second kappa shape index (κ2) is 8.11. The van der Waals surface area contributed by atoms with E-state index in [1.165, 1.54) is 5.56 Å². The Balaban J connectivity index is 1.53. The molecule has 0 bridgehead atoms. The van der Waals surface area contributed by atoms with Gasteiger partial charge in [-0.05, 0) is 35.7 Å². The fourth-order valence-electron chi connectivity index (χ4n) is 2.55. The summed E-state index contributed by atoms with van der Waals surface area (Å²) >= 11 is 0. The Morgan fingerprint density at radius 1 is 0.960 bits per heavy atom. The number of aryl methyl sites for hydroxylation is 1. The molecule has 0 aliphatic heterocycles. The van der Waals surface area contributed by atoms with Crippen LogP contribution in [0.1, 0.15) is 16.7 Å². The summed E-state index contributed by atoms with van der Waals surface area (Å²) in [6.07, 6.45) is 2.03. The molecule has 0 radical (unpaired) electrons. The molecular weight excluding hydrogens is 310 g/mol. The molecule has 0 aliphatic rings. The molecule has 2 aromatic carbocycles. The summed E-state index contributed by atoms with van der Waals surface area (Å²) in [4.78, 5) is 16.5. The number of benzene rings is 2. The van der Waals surface area contributed by atoms with Crippen molar-refractivity contribution in [2.45, 2.75) is 19.9 Å². The van der Waals surface area contributed by atoms with Crippen molar-refractivity contribution in [3.8, 4) is 0 Å². The van der Waals surface area contributed by atoms with Gasteiger partial charge in [0.1, 0.15) is 5.82 Å². The largest absolute Gasteiger partial charge is 0.366 e. The molecule has 0 saturated heterocycles. The lowest BCUT2D eigenvalue weighted by Gasteiger charge is -2.09. The number of aromatic nitrogens is 1. The molecule has 0 unspecified atom stereocenters. The third kappa shape index (κ3) is 4.91. The van der Waals surface area contributed by atoms with E-state index in [0.717, 1.165) is 16.9 Å². The Hall–Kier alpha value is -3.14. The van der Waals surface area contributed by atoms with Crippen molar-refractivity contribution in [2.24, 2.45) is 0 Å². The van der Waals surface area contributed by atoms with Crippen LogP contribution in [0.3, 0.4) is 0 Å². The standard InChI is InChI=1S/C21H21N3O/c1-16-7-5-6-10-18(16)13-21(25)24-19-11-12-20(23-15-19)22-14-17-8-3-2-4-9-17/h2-12,15H,13-14H2,1H3,(H,22,23)(H,24,25). The van der Waals surface area contributed by atoms with Crippen LogP contribution in [0.25, 0.3) is 0 Å². The van der Waals surface area contributed by atoms with Crippen LogP contribution < -0.4 is 10.6 Å². The summed E-state index contributed by atoms with van der Waals surface area (Å²) in [6.45, 7) is 2.73. The lowest BCUT2D eigenvalue weighted by molar-refractivity contribution is -0.115. The smallest absolute Gasteiger partial charge is 0.228 e. The van der Waals surface area contributed by atoms with Gasteiger partial charge in [0.15, 0.2) is 0 Å². The van der Waals surface area contributed by atoms with Crippen LogP contribution in [-0.2, 0) is 17.8 Å². The molecular formula is C21H21N3O. The van der Waals surface area contributed by atoms with Gasteiger partial charge in [0.05, 0.1) is 18.3 Å². The number of carbonyl (C=O) groups excluding carboxylic acids is 1. The number of hydrogen-bond donors (Lipinski definition) is 2. The Morgan fingerprint density at radius 2 is 1.72 bits per heavy atom. The first-order valence-corrected chi connectivity index (χ1v) is 8.29. The van der Waals surface area contributed by atoms with Gasteiger partial charge in [-0.25, -0.2) is 4.98 Å². The normalized spacial score (nSPS) is 10.3. The summed E-state index contributed by atoms with van der Waals surface area (Å²) in [5.74, 6) is 0.738. The van der Waals surface area contributed by atoms with Gasteiger partial charge < -0.3 is 10.6 Å². The number of hydrogen-bond acceptors (Lipinski definition) is 3. The SMILES string of the molecule is Cc1ccccc1CC(=O)Nc1ccc(NCc2ccccc2)nc1. The Morgan fingerprint density at radius 3 is 2.44 bits per heavy atom. The average Bonchev–Trinajstić information content (AvgIpc) is 2.64. The zero-order valence-electron chi connectivity index (χ0n) is 14.2. The summed E-state index contributed by atoms with van der Waals surface area (Å²) in [5, 5.41) is 6.15. The van der Waals surface area contributed by atoms with Gasteiger partial charge >= 0.3 is 0 Å². The molecule has 2 N–H and O–H groups in total. The number of amides is 1. The predicted octanol–water partition coefficient (Wildman–Crippen LogP) is 4.18. The number of carbonyl (C=O) groups is 1. The molecule has 3 aromatic rings. The topological polar surface area (TPSA) is 54.0 Å². The summed E-state index contributed by atoms with van der Waals surface area (Å²) in [7, 11) is 0. The highest BCUT2D eigenvalue weighted by atomic mass is 16.1. The maximum Gasteiger partial charge on any atom is 0.228 e. The second-order valence-electron chi connectivity index (χ2n) is 5.92. The van der Waals surface area contributed by atoms with Gasteiger partial charge in [-0.2, -0.15) is 0 Å². The zero-order chi connectivity index (χ0) is 17.5. The number of rotatable bonds is 6. The van der Waals surface area contributed by atoms with Gasteiger partial charge in [0.2, 0.25) is 5.91 Å². The minimum atomic E-state index is -0.0407. The van der Waals surface area contributed by atoms with Crippen molar-refractivity contribution in [1.82, 2.24) is 4.98 Å². The van der Waals surface area contributed by atoms with E-state index in [0.29, 0.717) is 18.7 Å². The molecule has 0 saturated carbocycles. The van der Waals surface area contributed by atoms with Crippen molar-refractivity contribution in [1.29, 1.82) is 0 Å². The summed E-state index contributed by atoms with van der Waals surface area (Å²) in [6, 6.07) is 21.8. The van der Waals surface area contributed by atoms with E-state index < -0.39 is 0 Å². The Labute approximate surface area is 147 Å². The van der Waals surface area contributed by atoms with Crippen molar-refractivity contribution in [3.63, 3.8) is 0 Å². The van der Waals surface area contributed by atoms with E-state index in [1.807, 2.05) is 61.5 Å². The van der Waals surface area contributed by atoms with Gasteiger partial charge in [-0.1, -0.05) is 54.6 Å². The summed E-state index contributed by atoms with van der Waals surface area (Å²) in [5.41, 5.74) is 4.05. The van der Waals surface area contributed by atoms with Crippen LogP contribution in [0.15, 0.2) is 72.9 Å².